The van der Waals surface area contributed by atoms with E-state index in [1.165, 1.54) is 0 Å². The third-order valence-electron chi connectivity index (χ3n) is 2.31. The van der Waals surface area contributed by atoms with E-state index in [-0.39, 0.29) is 18.9 Å². The van der Waals surface area contributed by atoms with Crippen molar-refractivity contribution in [2.75, 3.05) is 6.61 Å². The van der Waals surface area contributed by atoms with Gasteiger partial charge >= 0.3 is 13.8 Å². The standard InChI is InChI=1S/C9H17O8P/c1-5(2)9(11)15-4-7-6(10)3-8(16-7)17-18(12,13)14/h5-8,10H,3-4H2,1-2H3,(H2,12,13,14)/t6-,7+,8+/m0/s1. The van der Waals surface area contributed by atoms with Crippen LogP contribution in [-0.4, -0.2) is 46.0 Å². The van der Waals surface area contributed by atoms with E-state index in [9.17, 15) is 14.5 Å². The Hall–Kier alpha value is -0.500. The van der Waals surface area contributed by atoms with Crippen molar-refractivity contribution in [3.63, 3.8) is 0 Å². The normalized spacial score (nSPS) is 28.7. The zero-order chi connectivity index (χ0) is 13.9. The second-order valence-corrected chi connectivity index (χ2v) is 5.48. The molecule has 0 radical (unpaired) electrons. The van der Waals surface area contributed by atoms with Crippen LogP contribution in [0.3, 0.4) is 0 Å². The lowest BCUT2D eigenvalue weighted by molar-refractivity contribution is -0.157. The molecule has 1 aliphatic heterocycles. The maximum Gasteiger partial charge on any atom is 0.471 e. The Kier molecular flexibility index (Phi) is 5.27. The molecule has 106 valence electrons. The van der Waals surface area contributed by atoms with Gasteiger partial charge in [0, 0.05) is 6.42 Å². The number of aliphatic hydroxyl groups is 1. The SMILES string of the molecule is CC(C)C(=O)OC[C@H]1O[C@H](OP(=O)(O)O)C[C@@H]1O. The number of hydrogen-bond donors (Lipinski definition) is 3. The highest BCUT2D eigenvalue weighted by atomic mass is 31.2. The van der Waals surface area contributed by atoms with Crippen LogP contribution >= 0.6 is 7.82 Å². The highest BCUT2D eigenvalue weighted by molar-refractivity contribution is 7.46. The summed E-state index contributed by atoms with van der Waals surface area (Å²) in [5.74, 6) is -0.740. The summed E-state index contributed by atoms with van der Waals surface area (Å²) in [5.41, 5.74) is 0. The molecule has 0 amide bonds. The van der Waals surface area contributed by atoms with E-state index in [0.29, 0.717) is 0 Å². The number of phosphoric acid groups is 1. The maximum absolute atomic E-state index is 11.2. The molecule has 0 saturated carbocycles. The quantitative estimate of drug-likeness (QED) is 0.467. The van der Waals surface area contributed by atoms with Crippen LogP contribution in [0.15, 0.2) is 0 Å². The van der Waals surface area contributed by atoms with Crippen molar-refractivity contribution in [1.82, 2.24) is 0 Å². The molecule has 3 N–H and O–H groups in total. The fourth-order valence-corrected chi connectivity index (χ4v) is 1.83. The fraction of sp³-hybridized carbons (Fsp3) is 0.889. The van der Waals surface area contributed by atoms with Gasteiger partial charge in [-0.15, -0.1) is 0 Å². The van der Waals surface area contributed by atoms with Crippen molar-refractivity contribution in [1.29, 1.82) is 0 Å². The third kappa shape index (κ3) is 5.01. The van der Waals surface area contributed by atoms with E-state index in [0.717, 1.165) is 0 Å². The summed E-state index contributed by atoms with van der Waals surface area (Å²) in [6.45, 7) is 3.14. The Morgan fingerprint density at radius 3 is 2.61 bits per heavy atom. The van der Waals surface area contributed by atoms with Crippen LogP contribution in [0, 0.1) is 5.92 Å². The molecule has 0 unspecified atom stereocenters. The first-order chi connectivity index (χ1) is 8.19. The van der Waals surface area contributed by atoms with Crippen LogP contribution in [0.1, 0.15) is 20.3 Å². The fourth-order valence-electron chi connectivity index (χ4n) is 1.39. The summed E-state index contributed by atoms with van der Waals surface area (Å²) in [5, 5.41) is 9.56. The zero-order valence-corrected chi connectivity index (χ0v) is 10.9. The maximum atomic E-state index is 11.2. The van der Waals surface area contributed by atoms with Crippen LogP contribution < -0.4 is 0 Å². The number of aliphatic hydroxyl groups excluding tert-OH is 1. The molecule has 0 aliphatic carbocycles. The van der Waals surface area contributed by atoms with Gasteiger partial charge in [-0.1, -0.05) is 13.8 Å². The molecule has 9 heteroatoms. The first-order valence-electron chi connectivity index (χ1n) is 5.43. The predicted octanol–water partition coefficient (Wildman–Crippen LogP) is -0.229. The molecular formula is C9H17O8P. The molecule has 0 aromatic rings. The van der Waals surface area contributed by atoms with E-state index >= 15 is 0 Å². The van der Waals surface area contributed by atoms with Crippen molar-refractivity contribution in [3.8, 4) is 0 Å². The number of rotatable bonds is 5. The van der Waals surface area contributed by atoms with Gasteiger partial charge < -0.3 is 24.4 Å². The van der Waals surface area contributed by atoms with Crippen molar-refractivity contribution in [3.05, 3.63) is 0 Å². The lowest BCUT2D eigenvalue weighted by Gasteiger charge is -2.16. The van der Waals surface area contributed by atoms with Gasteiger partial charge in [0.25, 0.3) is 0 Å². The molecule has 1 rings (SSSR count). The third-order valence-corrected chi connectivity index (χ3v) is 2.82. The van der Waals surface area contributed by atoms with E-state index in [1.54, 1.807) is 13.8 Å². The molecule has 0 aromatic heterocycles. The van der Waals surface area contributed by atoms with E-state index in [1.807, 2.05) is 0 Å². The van der Waals surface area contributed by atoms with Gasteiger partial charge in [0.05, 0.1) is 12.0 Å². The molecule has 1 fully saturated rings. The van der Waals surface area contributed by atoms with Crippen molar-refractivity contribution >= 4 is 13.8 Å². The summed E-state index contributed by atoms with van der Waals surface area (Å²) in [6.07, 6.45) is -3.14. The highest BCUT2D eigenvalue weighted by Crippen LogP contribution is 2.40. The second kappa shape index (κ2) is 6.10. The predicted molar refractivity (Wildman–Crippen MR) is 58.2 cm³/mol. The number of carbonyl (C=O) groups excluding carboxylic acids is 1. The minimum absolute atomic E-state index is 0.0883. The first-order valence-corrected chi connectivity index (χ1v) is 6.96. The largest absolute Gasteiger partial charge is 0.471 e. The lowest BCUT2D eigenvalue weighted by Crippen LogP contribution is -2.29. The number of phosphoric ester groups is 1. The summed E-state index contributed by atoms with van der Waals surface area (Å²) in [4.78, 5) is 28.4. The molecule has 1 heterocycles. The van der Waals surface area contributed by atoms with Crippen LogP contribution in [0.25, 0.3) is 0 Å². The Labute approximate surface area is 104 Å². The van der Waals surface area contributed by atoms with Gasteiger partial charge in [0.1, 0.15) is 12.7 Å². The summed E-state index contributed by atoms with van der Waals surface area (Å²) < 4.78 is 24.8. The minimum atomic E-state index is -4.67. The van der Waals surface area contributed by atoms with Gasteiger partial charge in [0.2, 0.25) is 0 Å². The van der Waals surface area contributed by atoms with E-state index < -0.39 is 32.3 Å². The molecule has 18 heavy (non-hydrogen) atoms. The van der Waals surface area contributed by atoms with Gasteiger partial charge in [-0.2, -0.15) is 0 Å². The Balaban J connectivity index is 2.40. The van der Waals surface area contributed by atoms with E-state index in [4.69, 9.17) is 19.3 Å². The van der Waals surface area contributed by atoms with Gasteiger partial charge in [0.15, 0.2) is 6.29 Å². The smallest absolute Gasteiger partial charge is 0.463 e. The van der Waals surface area contributed by atoms with Crippen molar-refractivity contribution < 1.29 is 38.3 Å². The Morgan fingerprint density at radius 1 is 1.50 bits per heavy atom. The minimum Gasteiger partial charge on any atom is -0.463 e. The molecule has 3 atom stereocenters. The van der Waals surface area contributed by atoms with Crippen LogP contribution in [0.2, 0.25) is 0 Å². The van der Waals surface area contributed by atoms with Crippen molar-refractivity contribution in [2.45, 2.75) is 38.8 Å². The summed E-state index contributed by atoms with van der Waals surface area (Å²) in [7, 11) is -4.67. The summed E-state index contributed by atoms with van der Waals surface area (Å²) in [6, 6.07) is 0. The number of carbonyl (C=O) groups is 1. The number of hydrogen-bond acceptors (Lipinski definition) is 6. The topological polar surface area (TPSA) is 123 Å². The molecule has 0 aromatic carbocycles. The average Bonchev–Trinajstić information content (AvgIpc) is 2.52. The first kappa shape index (κ1) is 15.6. The molecular weight excluding hydrogens is 267 g/mol. The van der Waals surface area contributed by atoms with Gasteiger partial charge in [-0.3, -0.25) is 9.32 Å². The molecule has 0 spiro atoms. The lowest BCUT2D eigenvalue weighted by atomic mass is 10.2. The second-order valence-electron chi connectivity index (χ2n) is 4.29. The molecule has 1 aliphatic rings. The monoisotopic (exact) mass is 284 g/mol. The average molecular weight is 284 g/mol. The molecule has 0 bridgehead atoms. The van der Waals surface area contributed by atoms with Crippen molar-refractivity contribution in [2.24, 2.45) is 5.92 Å². The summed E-state index contributed by atoms with van der Waals surface area (Å²) >= 11 is 0. The van der Waals surface area contributed by atoms with Crippen LogP contribution in [-0.2, 0) is 23.4 Å². The van der Waals surface area contributed by atoms with E-state index in [2.05, 4.69) is 4.52 Å². The zero-order valence-electron chi connectivity index (χ0n) is 10.1. The molecule has 8 nitrogen and oxygen atoms in total. The van der Waals surface area contributed by atoms with Crippen LogP contribution in [0.4, 0.5) is 0 Å². The highest BCUT2D eigenvalue weighted by Gasteiger charge is 2.38. The Morgan fingerprint density at radius 2 is 2.11 bits per heavy atom. The van der Waals surface area contributed by atoms with Crippen LogP contribution in [0.5, 0.6) is 0 Å². The number of esters is 1. The van der Waals surface area contributed by atoms with Gasteiger partial charge in [-0.25, -0.2) is 4.57 Å². The van der Waals surface area contributed by atoms with Gasteiger partial charge in [-0.05, 0) is 0 Å². The molecule has 1 saturated heterocycles. The number of ether oxygens (including phenoxy) is 2. The Bertz CT molecular complexity index is 337.